The highest BCUT2D eigenvalue weighted by Gasteiger charge is 2.32. The van der Waals surface area contributed by atoms with Crippen LogP contribution in [0.15, 0.2) is 32.4 Å². The van der Waals surface area contributed by atoms with Crippen LogP contribution in [0.1, 0.15) is 43.4 Å². The number of thiophene rings is 1. The molecular formula is C21H25N3O5S. The molecule has 0 saturated carbocycles. The van der Waals surface area contributed by atoms with Gasteiger partial charge >= 0.3 is 5.69 Å². The van der Waals surface area contributed by atoms with Gasteiger partial charge in [-0.25, -0.2) is 4.79 Å². The highest BCUT2D eigenvalue weighted by atomic mass is 32.1. The molecule has 0 bridgehead atoms. The quantitative estimate of drug-likeness (QED) is 0.647. The number of furan rings is 1. The van der Waals surface area contributed by atoms with Crippen LogP contribution in [0, 0.1) is 0 Å². The van der Waals surface area contributed by atoms with Crippen molar-refractivity contribution in [3.05, 3.63) is 55.4 Å². The Bertz CT molecular complexity index is 1200. The zero-order chi connectivity index (χ0) is 21.5. The first kappa shape index (κ1) is 20.6. The lowest BCUT2D eigenvalue weighted by atomic mass is 9.94. The van der Waals surface area contributed by atoms with E-state index in [0.717, 1.165) is 21.4 Å². The van der Waals surface area contributed by atoms with Crippen LogP contribution in [0.3, 0.4) is 0 Å². The first-order valence-electron chi connectivity index (χ1n) is 10.0. The molecular weight excluding hydrogens is 406 g/mol. The molecule has 3 aromatic heterocycles. The number of nitrogens with zero attached hydrogens (tertiary/aromatic N) is 2. The average molecular weight is 432 g/mol. The summed E-state index contributed by atoms with van der Waals surface area (Å²) in [6.45, 7) is 6.72. The number of ether oxygens (including phenoxy) is 1. The minimum Gasteiger partial charge on any atom is -0.467 e. The van der Waals surface area contributed by atoms with Gasteiger partial charge in [-0.2, -0.15) is 0 Å². The number of hydrogen-bond donors (Lipinski definition) is 1. The molecule has 0 aliphatic carbocycles. The summed E-state index contributed by atoms with van der Waals surface area (Å²) in [6.07, 6.45) is 2.85. The molecule has 3 aromatic rings. The van der Waals surface area contributed by atoms with Gasteiger partial charge in [0.1, 0.15) is 17.1 Å². The number of amides is 1. The molecule has 0 saturated heterocycles. The summed E-state index contributed by atoms with van der Waals surface area (Å²) in [7, 11) is 0. The van der Waals surface area contributed by atoms with Gasteiger partial charge in [-0.15, -0.1) is 11.3 Å². The molecule has 1 N–H and O–H groups in total. The summed E-state index contributed by atoms with van der Waals surface area (Å²) >= 11 is 1.44. The summed E-state index contributed by atoms with van der Waals surface area (Å²) in [5.74, 6) is 0.185. The molecule has 0 spiro atoms. The van der Waals surface area contributed by atoms with E-state index in [1.54, 1.807) is 16.7 Å². The molecule has 0 atom stereocenters. The van der Waals surface area contributed by atoms with Gasteiger partial charge in [0.15, 0.2) is 0 Å². The maximum Gasteiger partial charge on any atom is 0.332 e. The Kier molecular flexibility index (Phi) is 5.42. The Labute approximate surface area is 177 Å². The Morgan fingerprint density at radius 2 is 2.10 bits per heavy atom. The maximum absolute atomic E-state index is 13.3. The number of nitrogens with one attached hydrogen (secondary N) is 1. The Balaban J connectivity index is 1.76. The monoisotopic (exact) mass is 431 g/mol. The van der Waals surface area contributed by atoms with Crippen molar-refractivity contribution >= 4 is 27.5 Å². The topological polar surface area (TPSA) is 95.5 Å². The van der Waals surface area contributed by atoms with E-state index in [-0.39, 0.29) is 18.7 Å². The summed E-state index contributed by atoms with van der Waals surface area (Å²) in [6, 6.07) is 3.47. The van der Waals surface area contributed by atoms with Gasteiger partial charge in [0, 0.05) is 17.8 Å². The molecule has 0 aromatic carbocycles. The molecule has 4 heterocycles. The first-order valence-corrected chi connectivity index (χ1v) is 10.8. The standard InChI is InChI=1S/C21H25N3O5S/c1-4-7-23-19-17(14-9-21(2,3)29-12-15(14)30-19)18(26)24(20(23)27)11-16(25)22-10-13-6-5-8-28-13/h5-6,8H,4,7,9-12H2,1-3H3,(H,22,25). The van der Waals surface area contributed by atoms with Crippen LogP contribution < -0.4 is 16.6 Å². The van der Waals surface area contributed by atoms with Crippen molar-refractivity contribution in [2.24, 2.45) is 0 Å². The molecule has 1 aliphatic heterocycles. The fourth-order valence-corrected chi connectivity index (χ4v) is 5.00. The van der Waals surface area contributed by atoms with E-state index in [4.69, 9.17) is 9.15 Å². The number of fused-ring (bicyclic) bond motifs is 3. The van der Waals surface area contributed by atoms with Crippen molar-refractivity contribution in [2.45, 2.75) is 65.5 Å². The van der Waals surface area contributed by atoms with Crippen molar-refractivity contribution < 1.29 is 13.9 Å². The van der Waals surface area contributed by atoms with Gasteiger partial charge in [-0.05, 0) is 38.0 Å². The van der Waals surface area contributed by atoms with Gasteiger partial charge in [0.2, 0.25) is 5.91 Å². The Morgan fingerprint density at radius 3 is 2.80 bits per heavy atom. The lowest BCUT2D eigenvalue weighted by Gasteiger charge is -2.29. The molecule has 9 heteroatoms. The minimum atomic E-state index is -0.457. The SMILES string of the molecule is CCCn1c(=O)n(CC(=O)NCc2ccco2)c(=O)c2c3c(sc21)COC(C)(C)C3. The second-order valence-electron chi connectivity index (χ2n) is 8.09. The number of carbonyl (C=O) groups excluding carboxylic acids is 1. The van der Waals surface area contributed by atoms with Gasteiger partial charge in [0.25, 0.3) is 5.56 Å². The van der Waals surface area contributed by atoms with Crippen LogP contribution in [0.4, 0.5) is 0 Å². The molecule has 4 rings (SSSR count). The van der Waals surface area contributed by atoms with Crippen LogP contribution in [-0.4, -0.2) is 20.6 Å². The predicted molar refractivity (Wildman–Crippen MR) is 114 cm³/mol. The third-order valence-electron chi connectivity index (χ3n) is 5.22. The summed E-state index contributed by atoms with van der Waals surface area (Å²) in [4.78, 5) is 40.6. The third kappa shape index (κ3) is 3.75. The van der Waals surface area contributed by atoms with E-state index in [9.17, 15) is 14.4 Å². The van der Waals surface area contributed by atoms with Crippen molar-refractivity contribution in [1.29, 1.82) is 0 Å². The zero-order valence-electron chi connectivity index (χ0n) is 17.3. The van der Waals surface area contributed by atoms with E-state index in [1.807, 2.05) is 20.8 Å². The van der Waals surface area contributed by atoms with E-state index >= 15 is 0 Å². The molecule has 0 unspecified atom stereocenters. The molecule has 0 fully saturated rings. The second kappa shape index (κ2) is 7.88. The molecule has 1 aliphatic rings. The maximum atomic E-state index is 13.3. The fourth-order valence-electron chi connectivity index (χ4n) is 3.76. The number of aryl methyl sites for hydroxylation is 1. The smallest absolute Gasteiger partial charge is 0.332 e. The van der Waals surface area contributed by atoms with Gasteiger partial charge < -0.3 is 14.5 Å². The van der Waals surface area contributed by atoms with E-state index in [1.165, 1.54) is 17.6 Å². The average Bonchev–Trinajstić information content (AvgIpc) is 3.33. The van der Waals surface area contributed by atoms with Gasteiger partial charge in [-0.3, -0.25) is 18.7 Å². The van der Waals surface area contributed by atoms with E-state index < -0.39 is 17.2 Å². The predicted octanol–water partition coefficient (Wildman–Crippen LogP) is 2.40. The number of carbonyl (C=O) groups is 1. The van der Waals surface area contributed by atoms with Crippen molar-refractivity contribution in [3.63, 3.8) is 0 Å². The van der Waals surface area contributed by atoms with E-state index in [2.05, 4.69) is 5.32 Å². The highest BCUT2D eigenvalue weighted by molar-refractivity contribution is 7.18. The molecule has 1 amide bonds. The molecule has 8 nitrogen and oxygen atoms in total. The lowest BCUT2D eigenvalue weighted by molar-refractivity contribution is -0.122. The first-order chi connectivity index (χ1) is 14.3. The molecule has 0 radical (unpaired) electrons. The third-order valence-corrected chi connectivity index (χ3v) is 6.45. The van der Waals surface area contributed by atoms with Crippen LogP contribution in [0.2, 0.25) is 0 Å². The van der Waals surface area contributed by atoms with Crippen LogP contribution in [0.5, 0.6) is 0 Å². The fraction of sp³-hybridized carbons (Fsp3) is 0.476. The zero-order valence-corrected chi connectivity index (χ0v) is 18.1. The Morgan fingerprint density at radius 1 is 1.30 bits per heavy atom. The molecule has 160 valence electrons. The van der Waals surface area contributed by atoms with Crippen molar-refractivity contribution in [3.8, 4) is 0 Å². The Hall–Kier alpha value is -2.65. The number of rotatable bonds is 6. The number of aromatic nitrogens is 2. The highest BCUT2D eigenvalue weighted by Crippen LogP contribution is 2.37. The largest absolute Gasteiger partial charge is 0.467 e. The van der Waals surface area contributed by atoms with Crippen LogP contribution >= 0.6 is 11.3 Å². The van der Waals surface area contributed by atoms with Crippen molar-refractivity contribution in [1.82, 2.24) is 14.5 Å². The minimum absolute atomic E-state index is 0.200. The molecule has 30 heavy (non-hydrogen) atoms. The van der Waals surface area contributed by atoms with Gasteiger partial charge in [0.05, 0.1) is 30.4 Å². The summed E-state index contributed by atoms with van der Waals surface area (Å²) < 4.78 is 13.8. The van der Waals surface area contributed by atoms with Crippen LogP contribution in [0.25, 0.3) is 10.2 Å². The normalized spacial score (nSPS) is 15.3. The summed E-state index contributed by atoms with van der Waals surface area (Å²) in [5.41, 5.74) is -0.317. The number of hydrogen-bond acceptors (Lipinski definition) is 6. The summed E-state index contributed by atoms with van der Waals surface area (Å²) in [5, 5.41) is 3.24. The second-order valence-corrected chi connectivity index (χ2v) is 9.17. The van der Waals surface area contributed by atoms with E-state index in [0.29, 0.717) is 35.5 Å². The van der Waals surface area contributed by atoms with Crippen LogP contribution in [-0.2, 0) is 42.2 Å². The lowest BCUT2D eigenvalue weighted by Crippen LogP contribution is -2.44. The van der Waals surface area contributed by atoms with Gasteiger partial charge in [-0.1, -0.05) is 6.92 Å². The van der Waals surface area contributed by atoms with Crippen molar-refractivity contribution in [2.75, 3.05) is 0 Å².